The lowest BCUT2D eigenvalue weighted by Crippen LogP contribution is -2.51. The van der Waals surface area contributed by atoms with E-state index in [0.29, 0.717) is 29.8 Å². The fourth-order valence-electron chi connectivity index (χ4n) is 9.91. The first-order chi connectivity index (χ1) is 19.7. The third-order valence-electron chi connectivity index (χ3n) is 12.2. The van der Waals surface area contributed by atoms with Crippen molar-refractivity contribution < 1.29 is 19.4 Å². The van der Waals surface area contributed by atoms with E-state index in [1.54, 1.807) is 17.7 Å². The van der Waals surface area contributed by atoms with Crippen LogP contribution in [0.5, 0.6) is 5.75 Å². The van der Waals surface area contributed by atoms with E-state index in [-0.39, 0.29) is 24.1 Å². The van der Waals surface area contributed by atoms with Gasteiger partial charge in [0, 0.05) is 19.4 Å². The lowest BCUT2D eigenvalue weighted by Gasteiger charge is -2.58. The molecule has 0 amide bonds. The maximum absolute atomic E-state index is 13.0. The van der Waals surface area contributed by atoms with E-state index in [4.69, 9.17) is 14.6 Å². The van der Waals surface area contributed by atoms with Crippen molar-refractivity contribution in [1.82, 2.24) is 0 Å². The Hall–Kier alpha value is -1.81. The number of carbonyl (C=O) groups excluding carboxylic acids is 1. The monoisotopic (exact) mass is 564 g/mol. The van der Waals surface area contributed by atoms with Crippen LogP contribution in [0.4, 0.5) is 0 Å². The highest BCUT2D eigenvalue weighted by molar-refractivity contribution is 5.89. The summed E-state index contributed by atoms with van der Waals surface area (Å²) >= 11 is 0. The minimum absolute atomic E-state index is 0.0322. The molecule has 1 N–H and O–H groups in total. The van der Waals surface area contributed by atoms with Crippen molar-refractivity contribution >= 4 is 5.97 Å². The second kappa shape index (κ2) is 12.8. The molecule has 0 aliphatic heterocycles. The third-order valence-corrected chi connectivity index (χ3v) is 12.2. The summed E-state index contributed by atoms with van der Waals surface area (Å²) in [4.78, 5) is 13.0. The van der Waals surface area contributed by atoms with Crippen molar-refractivity contribution in [1.29, 1.82) is 0 Å². The average molecular weight is 565 g/mol. The van der Waals surface area contributed by atoms with Gasteiger partial charge in [0.1, 0.15) is 11.9 Å². The molecule has 228 valence electrons. The molecule has 0 heterocycles. The number of benzene rings is 1. The van der Waals surface area contributed by atoms with Crippen LogP contribution in [0.25, 0.3) is 0 Å². The van der Waals surface area contributed by atoms with Crippen LogP contribution in [0.2, 0.25) is 0 Å². The number of ether oxygens (including phenoxy) is 2. The summed E-state index contributed by atoms with van der Waals surface area (Å²) < 4.78 is 11.7. The van der Waals surface area contributed by atoms with Crippen LogP contribution in [-0.4, -0.2) is 30.4 Å². The zero-order valence-electron chi connectivity index (χ0n) is 26.5. The Morgan fingerprint density at radius 1 is 0.976 bits per heavy atom. The minimum Gasteiger partial charge on any atom is -0.494 e. The maximum atomic E-state index is 13.0. The van der Waals surface area contributed by atoms with Crippen LogP contribution >= 0.6 is 0 Å². The molecule has 1 aromatic rings. The third kappa shape index (κ3) is 6.29. The number of allylic oxidation sites excluding steroid dienone is 1. The van der Waals surface area contributed by atoms with E-state index in [0.717, 1.165) is 54.8 Å². The van der Waals surface area contributed by atoms with Gasteiger partial charge in [0.25, 0.3) is 0 Å². The molecule has 0 saturated heterocycles. The zero-order valence-corrected chi connectivity index (χ0v) is 26.5. The molecule has 4 aliphatic carbocycles. The molecule has 3 saturated carbocycles. The number of fused-ring (bicyclic) bond motifs is 5. The Bertz CT molecular complexity index is 1060. The van der Waals surface area contributed by atoms with Gasteiger partial charge in [-0.05, 0) is 116 Å². The molecule has 4 heteroatoms. The zero-order chi connectivity index (χ0) is 29.2. The summed E-state index contributed by atoms with van der Waals surface area (Å²) in [7, 11) is 0. The second-order valence-corrected chi connectivity index (χ2v) is 15.0. The van der Waals surface area contributed by atoms with Crippen molar-refractivity contribution in [3.8, 4) is 5.75 Å². The lowest BCUT2D eigenvalue weighted by atomic mass is 9.47. The van der Waals surface area contributed by atoms with E-state index in [1.807, 2.05) is 12.1 Å². The van der Waals surface area contributed by atoms with Crippen LogP contribution in [0, 0.1) is 46.3 Å². The van der Waals surface area contributed by atoms with Crippen molar-refractivity contribution in [2.45, 2.75) is 118 Å². The molecule has 0 spiro atoms. The molecule has 0 aromatic heterocycles. The number of rotatable bonds is 11. The van der Waals surface area contributed by atoms with Gasteiger partial charge in [0.2, 0.25) is 0 Å². The van der Waals surface area contributed by atoms with Gasteiger partial charge in [-0.15, -0.1) is 0 Å². The molecular formula is C37H56O4. The molecule has 4 nitrogen and oxygen atoms in total. The van der Waals surface area contributed by atoms with E-state index in [9.17, 15) is 4.79 Å². The van der Waals surface area contributed by atoms with Crippen molar-refractivity contribution in [3.63, 3.8) is 0 Å². The van der Waals surface area contributed by atoms with E-state index < -0.39 is 0 Å². The largest absolute Gasteiger partial charge is 0.494 e. The van der Waals surface area contributed by atoms with Crippen LogP contribution in [0.15, 0.2) is 35.9 Å². The number of aliphatic hydroxyl groups is 1. The van der Waals surface area contributed by atoms with E-state index in [1.165, 1.54) is 51.4 Å². The van der Waals surface area contributed by atoms with Crippen molar-refractivity contribution in [3.05, 3.63) is 41.5 Å². The smallest absolute Gasteiger partial charge is 0.338 e. The Morgan fingerprint density at radius 3 is 2.49 bits per heavy atom. The predicted octanol–water partition coefficient (Wildman–Crippen LogP) is 9.01. The Kier molecular flexibility index (Phi) is 9.58. The highest BCUT2D eigenvalue weighted by atomic mass is 16.5. The molecular weight excluding hydrogens is 508 g/mol. The maximum Gasteiger partial charge on any atom is 0.338 e. The Labute approximate surface area is 249 Å². The molecule has 5 rings (SSSR count). The molecule has 0 bridgehead atoms. The summed E-state index contributed by atoms with van der Waals surface area (Å²) in [5, 5.41) is 8.93. The first-order valence-electron chi connectivity index (χ1n) is 16.9. The quantitative estimate of drug-likeness (QED) is 0.165. The van der Waals surface area contributed by atoms with Gasteiger partial charge in [-0.25, -0.2) is 4.79 Å². The minimum atomic E-state index is -0.234. The summed E-state index contributed by atoms with van der Waals surface area (Å²) in [5.41, 5.74) is 2.93. The second-order valence-electron chi connectivity index (χ2n) is 15.0. The first kappa shape index (κ1) is 30.6. The van der Waals surface area contributed by atoms with Crippen molar-refractivity contribution in [2.24, 2.45) is 46.3 Å². The van der Waals surface area contributed by atoms with Gasteiger partial charge >= 0.3 is 5.97 Å². The number of esters is 1. The summed E-state index contributed by atoms with van der Waals surface area (Å²) in [6.45, 7) is 13.1. The fraction of sp³-hybridized carbons (Fsp3) is 0.757. The summed E-state index contributed by atoms with van der Waals surface area (Å²) in [6.07, 6.45) is 17.2. The van der Waals surface area contributed by atoms with Gasteiger partial charge in [-0.1, -0.05) is 65.5 Å². The average Bonchev–Trinajstić information content (AvgIpc) is 3.31. The van der Waals surface area contributed by atoms with E-state index >= 15 is 0 Å². The highest BCUT2D eigenvalue weighted by Crippen LogP contribution is 2.67. The van der Waals surface area contributed by atoms with Gasteiger partial charge in [-0.2, -0.15) is 0 Å². The number of hydrogen-bond acceptors (Lipinski definition) is 4. The first-order valence-corrected chi connectivity index (χ1v) is 16.9. The Balaban J connectivity index is 1.19. The normalized spacial score (nSPS) is 35.2. The van der Waals surface area contributed by atoms with Gasteiger partial charge in [-0.3, -0.25) is 0 Å². The van der Waals surface area contributed by atoms with E-state index in [2.05, 4.69) is 40.7 Å². The van der Waals surface area contributed by atoms with Gasteiger partial charge < -0.3 is 14.6 Å². The predicted molar refractivity (Wildman–Crippen MR) is 166 cm³/mol. The van der Waals surface area contributed by atoms with Crippen LogP contribution < -0.4 is 4.74 Å². The number of hydrogen-bond donors (Lipinski definition) is 1. The molecule has 4 aliphatic rings. The summed E-state index contributed by atoms with van der Waals surface area (Å²) in [6, 6.07) is 7.19. The van der Waals surface area contributed by atoms with Crippen molar-refractivity contribution in [2.75, 3.05) is 13.2 Å². The molecule has 8 unspecified atom stereocenters. The van der Waals surface area contributed by atoms with Gasteiger partial charge in [0.15, 0.2) is 0 Å². The summed E-state index contributed by atoms with van der Waals surface area (Å²) in [5.74, 6) is 5.53. The topological polar surface area (TPSA) is 55.8 Å². The molecule has 1 aromatic carbocycles. The molecule has 3 fully saturated rings. The number of carbonyl (C=O) groups is 1. The molecule has 0 radical (unpaired) electrons. The van der Waals surface area contributed by atoms with Gasteiger partial charge in [0.05, 0.1) is 12.2 Å². The lowest BCUT2D eigenvalue weighted by molar-refractivity contribution is -0.0594. The number of aliphatic hydroxyl groups excluding tert-OH is 1. The van der Waals surface area contributed by atoms with Crippen LogP contribution in [0.1, 0.15) is 122 Å². The fourth-order valence-corrected chi connectivity index (χ4v) is 9.91. The standard InChI is InChI=1S/C37H56O4/c1-25(2)8-6-9-26(3)32-16-17-33-31-15-12-28-24-30(18-20-36(28,4)34(31)19-21-37(32,33)5)41-35(39)27-10-13-29(14-11-27)40-23-7-22-38/h10-14,25-26,30-34,38H,6-9,15-24H2,1-5H3. The van der Waals surface area contributed by atoms with Crippen LogP contribution in [0.3, 0.4) is 0 Å². The molecule has 41 heavy (non-hydrogen) atoms. The highest BCUT2D eigenvalue weighted by Gasteiger charge is 2.59. The SMILES string of the molecule is CC(C)CCCC(C)C1CCC2C3CC=C4CC(OC(=O)c5ccc(OCCCO)cc5)CCC4(C)C3CCC12C. The Morgan fingerprint density at radius 2 is 1.76 bits per heavy atom. The van der Waals surface area contributed by atoms with Crippen LogP contribution in [-0.2, 0) is 4.74 Å². The molecule has 8 atom stereocenters.